The molecule has 0 spiro atoms. The van der Waals surface area contributed by atoms with Crippen LogP contribution in [0.5, 0.6) is 0 Å². The van der Waals surface area contributed by atoms with Crippen LogP contribution in [0.2, 0.25) is 10.0 Å². The van der Waals surface area contributed by atoms with Crippen LogP contribution in [0.15, 0.2) is 29.8 Å². The van der Waals surface area contributed by atoms with Gasteiger partial charge in [-0.1, -0.05) is 40.9 Å². The molecule has 0 aromatic heterocycles. The smallest absolute Gasteiger partial charge is 0.224 e. The first-order chi connectivity index (χ1) is 9.16. The van der Waals surface area contributed by atoms with Crippen LogP contribution in [0.4, 0.5) is 0 Å². The fourth-order valence-corrected chi connectivity index (χ4v) is 2.50. The van der Waals surface area contributed by atoms with Gasteiger partial charge in [0.15, 0.2) is 0 Å². The number of carbonyl (C=O) groups excluding carboxylic acids is 1. The number of rotatable bonds is 4. The molecule has 0 aliphatic carbocycles. The number of amides is 1. The summed E-state index contributed by atoms with van der Waals surface area (Å²) in [5.41, 5.74) is 1.94. The van der Waals surface area contributed by atoms with E-state index in [-0.39, 0.29) is 12.3 Å². The molecule has 5 heteroatoms. The van der Waals surface area contributed by atoms with Gasteiger partial charge in [0, 0.05) is 23.1 Å². The van der Waals surface area contributed by atoms with Gasteiger partial charge in [-0.15, -0.1) is 0 Å². The summed E-state index contributed by atoms with van der Waals surface area (Å²) >= 11 is 12.1. The molecule has 0 radical (unpaired) electrons. The van der Waals surface area contributed by atoms with Gasteiger partial charge in [-0.05, 0) is 30.7 Å². The van der Waals surface area contributed by atoms with Gasteiger partial charge >= 0.3 is 0 Å². The van der Waals surface area contributed by atoms with E-state index in [9.17, 15) is 4.79 Å². The van der Waals surface area contributed by atoms with Crippen LogP contribution in [-0.4, -0.2) is 25.5 Å². The number of hydrogen-bond acceptors (Lipinski definition) is 2. The third kappa shape index (κ3) is 4.23. The zero-order chi connectivity index (χ0) is 13.7. The molecular weight excluding hydrogens is 283 g/mol. The van der Waals surface area contributed by atoms with Crippen molar-refractivity contribution in [2.24, 2.45) is 0 Å². The Bertz CT molecular complexity index is 480. The Kier molecular flexibility index (Phi) is 5.25. The van der Waals surface area contributed by atoms with Crippen molar-refractivity contribution >= 4 is 29.1 Å². The van der Waals surface area contributed by atoms with Gasteiger partial charge in [-0.3, -0.25) is 4.79 Å². The van der Waals surface area contributed by atoms with E-state index >= 15 is 0 Å². The van der Waals surface area contributed by atoms with Crippen molar-refractivity contribution in [2.75, 3.05) is 19.6 Å². The summed E-state index contributed by atoms with van der Waals surface area (Å²) < 4.78 is 0. The molecule has 1 heterocycles. The lowest BCUT2D eigenvalue weighted by Crippen LogP contribution is -2.30. The first-order valence-electron chi connectivity index (χ1n) is 6.25. The second-order valence-electron chi connectivity index (χ2n) is 4.47. The summed E-state index contributed by atoms with van der Waals surface area (Å²) in [7, 11) is 0. The number of nitrogens with one attached hydrogen (secondary N) is 2. The molecule has 0 unspecified atom stereocenters. The lowest BCUT2D eigenvalue weighted by Gasteiger charge is -2.15. The van der Waals surface area contributed by atoms with Crippen LogP contribution >= 0.6 is 23.2 Å². The highest BCUT2D eigenvalue weighted by Crippen LogP contribution is 2.24. The zero-order valence-corrected chi connectivity index (χ0v) is 12.0. The van der Waals surface area contributed by atoms with E-state index < -0.39 is 0 Å². The normalized spacial score (nSPS) is 14.9. The van der Waals surface area contributed by atoms with Crippen molar-refractivity contribution in [3.05, 3.63) is 45.5 Å². The molecule has 102 valence electrons. The van der Waals surface area contributed by atoms with Crippen molar-refractivity contribution in [3.8, 4) is 0 Å². The number of halogens is 2. The van der Waals surface area contributed by atoms with E-state index in [1.165, 1.54) is 5.57 Å². The molecule has 19 heavy (non-hydrogen) atoms. The second kappa shape index (κ2) is 6.94. The maximum Gasteiger partial charge on any atom is 0.224 e. The summed E-state index contributed by atoms with van der Waals surface area (Å²) in [5, 5.41) is 7.20. The lowest BCUT2D eigenvalue weighted by atomic mass is 10.1. The minimum atomic E-state index is -0.0607. The third-order valence-corrected chi connectivity index (χ3v) is 3.78. The summed E-state index contributed by atoms with van der Waals surface area (Å²) in [6.07, 6.45) is 3.31. The Morgan fingerprint density at radius 3 is 2.68 bits per heavy atom. The summed E-state index contributed by atoms with van der Waals surface area (Å²) in [6, 6.07) is 5.25. The van der Waals surface area contributed by atoms with Gasteiger partial charge < -0.3 is 10.6 Å². The van der Waals surface area contributed by atoms with Crippen molar-refractivity contribution < 1.29 is 4.79 Å². The molecule has 0 fully saturated rings. The Labute approximate surface area is 123 Å². The molecule has 2 rings (SSSR count). The van der Waals surface area contributed by atoms with Crippen molar-refractivity contribution in [2.45, 2.75) is 12.8 Å². The summed E-state index contributed by atoms with van der Waals surface area (Å²) in [5.74, 6) is -0.0607. The van der Waals surface area contributed by atoms with E-state index in [0.717, 1.165) is 19.5 Å². The average molecular weight is 299 g/mol. The molecule has 0 saturated heterocycles. The number of benzene rings is 1. The highest BCUT2D eigenvalue weighted by atomic mass is 35.5. The zero-order valence-electron chi connectivity index (χ0n) is 10.5. The van der Waals surface area contributed by atoms with E-state index in [1.807, 2.05) is 0 Å². The van der Waals surface area contributed by atoms with Gasteiger partial charge in [0.25, 0.3) is 0 Å². The topological polar surface area (TPSA) is 41.1 Å². The summed E-state index contributed by atoms with van der Waals surface area (Å²) in [4.78, 5) is 11.9. The van der Waals surface area contributed by atoms with Crippen LogP contribution in [-0.2, 0) is 11.2 Å². The van der Waals surface area contributed by atoms with Crippen LogP contribution in [0.1, 0.15) is 12.0 Å². The standard InChI is InChI=1S/C14H16Cl2N2O/c15-12-2-1-3-13(16)11(12)8-14(19)18-9-10-4-6-17-7-5-10/h1-4,17H,5-9H2,(H,18,19). The monoisotopic (exact) mass is 298 g/mol. The number of hydrogen-bond donors (Lipinski definition) is 2. The minimum Gasteiger partial charge on any atom is -0.352 e. The van der Waals surface area contributed by atoms with Gasteiger partial charge in [0.05, 0.1) is 6.42 Å². The first-order valence-corrected chi connectivity index (χ1v) is 7.00. The molecule has 1 aliphatic heterocycles. The fraction of sp³-hybridized carbons (Fsp3) is 0.357. The molecule has 1 aliphatic rings. The van der Waals surface area contributed by atoms with E-state index in [2.05, 4.69) is 16.7 Å². The number of carbonyl (C=O) groups is 1. The molecule has 1 aromatic rings. The molecule has 0 atom stereocenters. The SMILES string of the molecule is O=C(Cc1c(Cl)cccc1Cl)NCC1=CCNCC1. The van der Waals surface area contributed by atoms with E-state index in [1.54, 1.807) is 18.2 Å². The second-order valence-corrected chi connectivity index (χ2v) is 5.28. The highest BCUT2D eigenvalue weighted by molar-refractivity contribution is 6.36. The summed E-state index contributed by atoms with van der Waals surface area (Å²) in [6.45, 7) is 2.45. The molecule has 2 N–H and O–H groups in total. The van der Waals surface area contributed by atoms with Crippen LogP contribution in [0, 0.1) is 0 Å². The fourth-order valence-electron chi connectivity index (χ4n) is 1.97. The van der Waals surface area contributed by atoms with Crippen LogP contribution < -0.4 is 10.6 Å². The predicted molar refractivity (Wildman–Crippen MR) is 78.7 cm³/mol. The van der Waals surface area contributed by atoms with Crippen LogP contribution in [0.3, 0.4) is 0 Å². The molecule has 1 amide bonds. The lowest BCUT2D eigenvalue weighted by molar-refractivity contribution is -0.120. The van der Waals surface area contributed by atoms with Gasteiger partial charge in [0.2, 0.25) is 5.91 Å². The molecule has 0 bridgehead atoms. The van der Waals surface area contributed by atoms with Crippen LogP contribution in [0.25, 0.3) is 0 Å². The van der Waals surface area contributed by atoms with Crippen molar-refractivity contribution in [3.63, 3.8) is 0 Å². The highest BCUT2D eigenvalue weighted by Gasteiger charge is 2.11. The molecule has 3 nitrogen and oxygen atoms in total. The van der Waals surface area contributed by atoms with Crippen molar-refractivity contribution in [1.82, 2.24) is 10.6 Å². The molecule has 1 aromatic carbocycles. The maximum atomic E-state index is 11.9. The average Bonchev–Trinajstić information content (AvgIpc) is 2.42. The first kappa shape index (κ1) is 14.4. The predicted octanol–water partition coefficient (Wildman–Crippen LogP) is 2.57. The van der Waals surface area contributed by atoms with E-state index in [0.29, 0.717) is 22.2 Å². The van der Waals surface area contributed by atoms with Crippen molar-refractivity contribution in [1.29, 1.82) is 0 Å². The third-order valence-electron chi connectivity index (χ3n) is 3.07. The Morgan fingerprint density at radius 2 is 2.05 bits per heavy atom. The van der Waals surface area contributed by atoms with Gasteiger partial charge in [0.1, 0.15) is 0 Å². The quantitative estimate of drug-likeness (QED) is 0.839. The largest absolute Gasteiger partial charge is 0.352 e. The Balaban J connectivity index is 1.89. The Morgan fingerprint density at radius 1 is 1.32 bits per heavy atom. The van der Waals surface area contributed by atoms with Gasteiger partial charge in [-0.25, -0.2) is 0 Å². The molecule has 0 saturated carbocycles. The van der Waals surface area contributed by atoms with E-state index in [4.69, 9.17) is 23.2 Å². The maximum absolute atomic E-state index is 11.9. The Hall–Kier alpha value is -1.03. The minimum absolute atomic E-state index is 0.0607. The molecular formula is C14H16Cl2N2O. The van der Waals surface area contributed by atoms with Gasteiger partial charge in [-0.2, -0.15) is 0 Å².